The minimum Gasteiger partial charge on any atom is -0.369 e. The second-order valence-corrected chi connectivity index (χ2v) is 6.95. The van der Waals surface area contributed by atoms with E-state index in [-0.39, 0.29) is 0 Å². The van der Waals surface area contributed by atoms with Crippen molar-refractivity contribution in [1.82, 2.24) is 0 Å². The van der Waals surface area contributed by atoms with E-state index in [0.717, 1.165) is 29.1 Å². The van der Waals surface area contributed by atoms with E-state index in [0.29, 0.717) is 5.11 Å². The molecular formula is C16H16N2OS2. The third kappa shape index (κ3) is 2.08. The van der Waals surface area contributed by atoms with Gasteiger partial charge in [-0.05, 0) is 55.6 Å². The van der Waals surface area contributed by atoms with Gasteiger partial charge >= 0.3 is 0 Å². The summed E-state index contributed by atoms with van der Waals surface area (Å²) in [6, 6.07) is 9.84. The molecule has 1 aliphatic heterocycles. The molecule has 5 heteroatoms. The van der Waals surface area contributed by atoms with E-state index < -0.39 is 6.23 Å². The number of rotatable bonds is 1. The first-order valence-electron chi connectivity index (χ1n) is 7.23. The van der Waals surface area contributed by atoms with Crippen LogP contribution in [0.4, 0.5) is 10.7 Å². The Morgan fingerprint density at radius 3 is 2.76 bits per heavy atom. The SMILES string of the molecule is O[C@H]1c2c(sc3c2CCCC3)NC(=S)N1c1ccccc1. The smallest absolute Gasteiger partial charge is 0.180 e. The number of anilines is 2. The van der Waals surface area contributed by atoms with Crippen LogP contribution in [-0.2, 0) is 12.8 Å². The molecule has 1 aliphatic carbocycles. The Kier molecular flexibility index (Phi) is 3.21. The highest BCUT2D eigenvalue weighted by Gasteiger charge is 2.35. The average Bonchev–Trinajstić information content (AvgIpc) is 2.86. The van der Waals surface area contributed by atoms with Crippen LogP contribution in [0.25, 0.3) is 0 Å². The molecule has 2 N–H and O–H groups in total. The summed E-state index contributed by atoms with van der Waals surface area (Å²) in [7, 11) is 0. The fraction of sp³-hybridized carbons (Fsp3) is 0.312. The molecule has 2 heterocycles. The molecule has 1 aromatic heterocycles. The number of fused-ring (bicyclic) bond motifs is 3. The number of aryl methyl sites for hydroxylation is 1. The van der Waals surface area contributed by atoms with Gasteiger partial charge in [0.25, 0.3) is 0 Å². The molecule has 0 fully saturated rings. The summed E-state index contributed by atoms with van der Waals surface area (Å²) in [6.45, 7) is 0. The number of nitrogens with zero attached hydrogens (tertiary/aromatic N) is 1. The highest BCUT2D eigenvalue weighted by molar-refractivity contribution is 7.80. The van der Waals surface area contributed by atoms with Gasteiger partial charge in [0, 0.05) is 16.1 Å². The number of aliphatic hydroxyl groups excluding tert-OH is 1. The van der Waals surface area contributed by atoms with E-state index in [1.807, 2.05) is 30.3 Å². The van der Waals surface area contributed by atoms with E-state index in [1.165, 1.54) is 23.3 Å². The number of benzene rings is 1. The van der Waals surface area contributed by atoms with Gasteiger partial charge in [-0.3, -0.25) is 4.90 Å². The second-order valence-electron chi connectivity index (χ2n) is 5.46. The van der Waals surface area contributed by atoms with Gasteiger partial charge < -0.3 is 10.4 Å². The maximum absolute atomic E-state index is 10.9. The van der Waals surface area contributed by atoms with Crippen molar-refractivity contribution < 1.29 is 5.11 Å². The van der Waals surface area contributed by atoms with Crippen LogP contribution in [0, 0.1) is 0 Å². The first-order valence-corrected chi connectivity index (χ1v) is 8.46. The molecule has 0 bridgehead atoms. The maximum atomic E-state index is 10.9. The Bertz CT molecular complexity index is 696. The minimum absolute atomic E-state index is 0.569. The second kappa shape index (κ2) is 5.09. The number of hydrogen-bond acceptors (Lipinski definition) is 3. The summed E-state index contributed by atoms with van der Waals surface area (Å²) in [6.07, 6.45) is 3.96. The summed E-state index contributed by atoms with van der Waals surface area (Å²) in [5.41, 5.74) is 3.29. The van der Waals surface area contributed by atoms with Crippen molar-refractivity contribution >= 4 is 39.4 Å². The monoisotopic (exact) mass is 316 g/mol. The van der Waals surface area contributed by atoms with Crippen molar-refractivity contribution in [3.05, 3.63) is 46.3 Å². The summed E-state index contributed by atoms with van der Waals surface area (Å²) in [5.74, 6) is 0. The molecule has 0 saturated carbocycles. The molecule has 3 nitrogen and oxygen atoms in total. The van der Waals surface area contributed by atoms with E-state index in [1.54, 1.807) is 16.2 Å². The van der Waals surface area contributed by atoms with Crippen LogP contribution in [0.15, 0.2) is 30.3 Å². The number of nitrogens with one attached hydrogen (secondary N) is 1. The Morgan fingerprint density at radius 2 is 1.95 bits per heavy atom. The van der Waals surface area contributed by atoms with Crippen LogP contribution >= 0.6 is 23.6 Å². The van der Waals surface area contributed by atoms with Gasteiger partial charge in [0.05, 0.1) is 0 Å². The molecule has 1 atom stereocenters. The fourth-order valence-electron chi connectivity index (χ4n) is 3.20. The Labute approximate surface area is 133 Å². The Morgan fingerprint density at radius 1 is 1.19 bits per heavy atom. The molecular weight excluding hydrogens is 300 g/mol. The highest BCUT2D eigenvalue weighted by Crippen LogP contribution is 2.45. The van der Waals surface area contributed by atoms with Crippen LogP contribution in [0.5, 0.6) is 0 Å². The molecule has 108 valence electrons. The number of para-hydroxylation sites is 1. The summed E-state index contributed by atoms with van der Waals surface area (Å²) in [4.78, 5) is 3.22. The molecule has 2 aromatic rings. The van der Waals surface area contributed by atoms with E-state index in [2.05, 4.69) is 5.32 Å². The molecule has 0 unspecified atom stereocenters. The van der Waals surface area contributed by atoms with Gasteiger partial charge in [0.15, 0.2) is 11.3 Å². The van der Waals surface area contributed by atoms with Gasteiger partial charge in [0.2, 0.25) is 0 Å². The van der Waals surface area contributed by atoms with Crippen LogP contribution in [-0.4, -0.2) is 10.2 Å². The lowest BCUT2D eigenvalue weighted by molar-refractivity contribution is 0.186. The van der Waals surface area contributed by atoms with E-state index in [9.17, 15) is 5.11 Å². The number of aliphatic hydroxyl groups is 1. The van der Waals surface area contributed by atoms with Crippen molar-refractivity contribution in [2.24, 2.45) is 0 Å². The summed E-state index contributed by atoms with van der Waals surface area (Å²) < 4.78 is 0. The normalized spacial score (nSPS) is 20.7. The van der Waals surface area contributed by atoms with Crippen molar-refractivity contribution in [3.63, 3.8) is 0 Å². The Balaban J connectivity index is 1.81. The van der Waals surface area contributed by atoms with Crippen LogP contribution in [0.3, 0.4) is 0 Å². The molecule has 0 spiro atoms. The maximum Gasteiger partial charge on any atom is 0.180 e. The quantitative estimate of drug-likeness (QED) is 0.784. The molecule has 2 aliphatic rings. The first kappa shape index (κ1) is 13.2. The summed E-state index contributed by atoms with van der Waals surface area (Å²) >= 11 is 7.22. The van der Waals surface area contributed by atoms with Gasteiger partial charge in [-0.15, -0.1) is 11.3 Å². The molecule has 1 aromatic carbocycles. The van der Waals surface area contributed by atoms with Crippen LogP contribution < -0.4 is 10.2 Å². The largest absolute Gasteiger partial charge is 0.369 e. The topological polar surface area (TPSA) is 35.5 Å². The van der Waals surface area contributed by atoms with Gasteiger partial charge in [-0.1, -0.05) is 18.2 Å². The first-order chi connectivity index (χ1) is 10.3. The van der Waals surface area contributed by atoms with Gasteiger partial charge in [-0.2, -0.15) is 0 Å². The molecule has 0 saturated heterocycles. The summed E-state index contributed by atoms with van der Waals surface area (Å²) in [5, 5.41) is 15.8. The van der Waals surface area contributed by atoms with Crippen LogP contribution in [0.1, 0.15) is 35.1 Å². The fourth-order valence-corrected chi connectivity index (χ4v) is 4.89. The predicted molar refractivity (Wildman–Crippen MR) is 91.1 cm³/mol. The predicted octanol–water partition coefficient (Wildman–Crippen LogP) is 3.83. The minimum atomic E-state index is -0.686. The molecule has 0 radical (unpaired) electrons. The zero-order valence-corrected chi connectivity index (χ0v) is 13.1. The zero-order valence-electron chi connectivity index (χ0n) is 11.5. The lowest BCUT2D eigenvalue weighted by Crippen LogP contribution is -2.42. The lowest BCUT2D eigenvalue weighted by atomic mass is 9.94. The third-order valence-corrected chi connectivity index (χ3v) is 5.71. The molecule has 21 heavy (non-hydrogen) atoms. The molecule has 0 amide bonds. The standard InChI is InChI=1S/C16H16N2OS2/c19-15-13-11-8-4-5-9-12(11)21-14(13)17-16(20)18(15)10-6-2-1-3-7-10/h1-3,6-7,15,19H,4-5,8-9H2,(H,17,20)/t15-/m0/s1. The van der Waals surface area contributed by atoms with Crippen LogP contribution in [0.2, 0.25) is 0 Å². The Hall–Kier alpha value is -1.43. The van der Waals surface area contributed by atoms with Crippen molar-refractivity contribution in [1.29, 1.82) is 0 Å². The van der Waals surface area contributed by atoms with E-state index in [4.69, 9.17) is 12.2 Å². The third-order valence-electron chi connectivity index (χ3n) is 4.19. The zero-order chi connectivity index (χ0) is 14.4. The van der Waals surface area contributed by atoms with Crippen molar-refractivity contribution in [3.8, 4) is 0 Å². The highest BCUT2D eigenvalue weighted by atomic mass is 32.1. The average molecular weight is 316 g/mol. The van der Waals surface area contributed by atoms with Crippen molar-refractivity contribution in [2.45, 2.75) is 31.9 Å². The lowest BCUT2D eigenvalue weighted by Gasteiger charge is -2.35. The van der Waals surface area contributed by atoms with Gasteiger partial charge in [0.1, 0.15) is 5.00 Å². The molecule has 4 rings (SSSR count). The van der Waals surface area contributed by atoms with E-state index >= 15 is 0 Å². The van der Waals surface area contributed by atoms with Crippen molar-refractivity contribution in [2.75, 3.05) is 10.2 Å². The number of thiophene rings is 1. The van der Waals surface area contributed by atoms with Gasteiger partial charge in [-0.25, -0.2) is 0 Å². The number of hydrogen-bond donors (Lipinski definition) is 2. The number of thiocarbonyl (C=S) groups is 1.